The minimum absolute atomic E-state index is 0.188. The van der Waals surface area contributed by atoms with Crippen LogP contribution in [0.4, 0.5) is 5.69 Å². The van der Waals surface area contributed by atoms with Gasteiger partial charge in [-0.2, -0.15) is 0 Å². The van der Waals surface area contributed by atoms with Crippen molar-refractivity contribution in [3.05, 3.63) is 57.0 Å². The van der Waals surface area contributed by atoms with Gasteiger partial charge >= 0.3 is 0 Å². The molecule has 0 saturated carbocycles. The van der Waals surface area contributed by atoms with Crippen molar-refractivity contribution in [3.8, 4) is 5.75 Å². The molecule has 0 spiro atoms. The van der Waals surface area contributed by atoms with Crippen molar-refractivity contribution in [1.29, 1.82) is 0 Å². The summed E-state index contributed by atoms with van der Waals surface area (Å²) in [6.07, 6.45) is 0.0154. The van der Waals surface area contributed by atoms with Gasteiger partial charge in [0.25, 0.3) is 5.91 Å². The van der Waals surface area contributed by atoms with Gasteiger partial charge in [0.1, 0.15) is 5.75 Å². The van der Waals surface area contributed by atoms with Crippen LogP contribution in [0.25, 0.3) is 0 Å². The number of carbonyl (C=O) groups is 1. The summed E-state index contributed by atoms with van der Waals surface area (Å²) in [5, 5.41) is 3.39. The minimum atomic E-state index is -0.557. The Labute approximate surface area is 150 Å². The highest BCUT2D eigenvalue weighted by molar-refractivity contribution is 9.10. The van der Waals surface area contributed by atoms with Crippen molar-refractivity contribution in [3.63, 3.8) is 0 Å². The first-order valence-corrected chi connectivity index (χ1v) is 8.58. The highest BCUT2D eigenvalue weighted by Crippen LogP contribution is 2.26. The van der Waals surface area contributed by atoms with E-state index >= 15 is 0 Å². The molecule has 2 aromatic carbocycles. The molecule has 0 saturated heterocycles. The molecule has 0 aliphatic carbocycles. The molecule has 0 aromatic heterocycles. The number of aryl methyl sites for hydroxylation is 1. The molecule has 122 valence electrons. The van der Waals surface area contributed by atoms with Gasteiger partial charge in [-0.3, -0.25) is 4.79 Å². The number of rotatable bonds is 5. The number of hydrogen-bond acceptors (Lipinski definition) is 2. The zero-order chi connectivity index (χ0) is 17.0. The van der Waals surface area contributed by atoms with E-state index in [1.54, 1.807) is 18.2 Å². The van der Waals surface area contributed by atoms with Crippen LogP contribution in [-0.4, -0.2) is 12.0 Å². The fourth-order valence-electron chi connectivity index (χ4n) is 2.12. The van der Waals surface area contributed by atoms with Crippen LogP contribution in [0.3, 0.4) is 0 Å². The number of anilines is 1. The van der Waals surface area contributed by atoms with Crippen LogP contribution in [0, 0.1) is 13.8 Å². The molecule has 0 radical (unpaired) electrons. The monoisotopic (exact) mass is 395 g/mol. The largest absolute Gasteiger partial charge is 0.480 e. The van der Waals surface area contributed by atoms with Crippen LogP contribution in [0.2, 0.25) is 5.02 Å². The highest BCUT2D eigenvalue weighted by atomic mass is 79.9. The Morgan fingerprint density at radius 2 is 2.04 bits per heavy atom. The second kappa shape index (κ2) is 7.84. The molecular weight excluding hydrogens is 378 g/mol. The lowest BCUT2D eigenvalue weighted by atomic mass is 10.1. The summed E-state index contributed by atoms with van der Waals surface area (Å²) >= 11 is 9.38. The summed E-state index contributed by atoms with van der Waals surface area (Å²) in [5.41, 5.74) is 2.83. The maximum absolute atomic E-state index is 12.4. The fraction of sp³-hybridized carbons (Fsp3) is 0.278. The quantitative estimate of drug-likeness (QED) is 0.723. The van der Waals surface area contributed by atoms with Crippen LogP contribution < -0.4 is 10.1 Å². The molecule has 0 fully saturated rings. The number of hydrogen-bond donors (Lipinski definition) is 1. The van der Waals surface area contributed by atoms with Crippen molar-refractivity contribution >= 4 is 39.1 Å². The van der Waals surface area contributed by atoms with E-state index in [9.17, 15) is 4.79 Å². The second-order valence-corrected chi connectivity index (χ2v) is 6.59. The zero-order valence-corrected chi connectivity index (χ0v) is 15.7. The summed E-state index contributed by atoms with van der Waals surface area (Å²) < 4.78 is 6.70. The molecule has 0 heterocycles. The summed E-state index contributed by atoms with van der Waals surface area (Å²) in [5.74, 6) is 0.549. The number of nitrogens with one attached hydrogen (secondary N) is 1. The molecule has 0 unspecified atom stereocenters. The molecule has 1 atom stereocenters. The highest BCUT2D eigenvalue weighted by Gasteiger charge is 2.19. The van der Waals surface area contributed by atoms with E-state index in [1.807, 2.05) is 39.0 Å². The fourth-order valence-corrected chi connectivity index (χ4v) is 2.55. The van der Waals surface area contributed by atoms with Crippen LogP contribution in [0.1, 0.15) is 24.5 Å². The van der Waals surface area contributed by atoms with E-state index in [0.29, 0.717) is 17.1 Å². The smallest absolute Gasteiger partial charge is 0.265 e. The Hall–Kier alpha value is -1.52. The Morgan fingerprint density at radius 3 is 2.70 bits per heavy atom. The van der Waals surface area contributed by atoms with Gasteiger partial charge < -0.3 is 10.1 Å². The van der Waals surface area contributed by atoms with Gasteiger partial charge in [-0.25, -0.2) is 0 Å². The van der Waals surface area contributed by atoms with Crippen molar-refractivity contribution in [2.75, 3.05) is 5.32 Å². The lowest BCUT2D eigenvalue weighted by molar-refractivity contribution is -0.122. The summed E-state index contributed by atoms with van der Waals surface area (Å²) in [6, 6.07) is 11.1. The molecule has 0 bridgehead atoms. The third-order valence-corrected chi connectivity index (χ3v) is 4.91. The molecule has 3 nitrogen and oxygen atoms in total. The first kappa shape index (κ1) is 17.8. The van der Waals surface area contributed by atoms with Crippen LogP contribution >= 0.6 is 27.5 Å². The average molecular weight is 397 g/mol. The zero-order valence-electron chi connectivity index (χ0n) is 13.3. The van der Waals surface area contributed by atoms with E-state index in [0.717, 1.165) is 21.3 Å². The molecular formula is C18H19BrClNO2. The Kier molecular flexibility index (Phi) is 6.08. The van der Waals surface area contributed by atoms with Gasteiger partial charge in [0.15, 0.2) is 6.10 Å². The first-order chi connectivity index (χ1) is 10.9. The molecule has 1 N–H and O–H groups in total. The maximum Gasteiger partial charge on any atom is 0.265 e. The van der Waals surface area contributed by atoms with Gasteiger partial charge in [0.2, 0.25) is 0 Å². The van der Waals surface area contributed by atoms with Crippen LogP contribution in [0.15, 0.2) is 40.9 Å². The van der Waals surface area contributed by atoms with E-state index in [1.165, 1.54) is 0 Å². The summed E-state index contributed by atoms with van der Waals surface area (Å²) in [7, 11) is 0. The SMILES string of the molecule is CC[C@@H](Oc1cccc(C)c1C)C(=O)Nc1ccc(Br)c(Cl)c1. The lowest BCUT2D eigenvalue weighted by Gasteiger charge is -2.19. The van der Waals surface area contributed by atoms with Gasteiger partial charge in [0.05, 0.1) is 5.02 Å². The summed E-state index contributed by atoms with van der Waals surface area (Å²) in [4.78, 5) is 12.4. The van der Waals surface area contributed by atoms with Gasteiger partial charge in [0, 0.05) is 10.2 Å². The van der Waals surface area contributed by atoms with E-state index in [4.69, 9.17) is 16.3 Å². The normalized spacial score (nSPS) is 11.9. The van der Waals surface area contributed by atoms with Gasteiger partial charge in [-0.05, 0) is 71.6 Å². The second-order valence-electron chi connectivity index (χ2n) is 5.33. The molecule has 23 heavy (non-hydrogen) atoms. The third-order valence-electron chi connectivity index (χ3n) is 3.67. The van der Waals surface area contributed by atoms with E-state index in [2.05, 4.69) is 21.2 Å². The summed E-state index contributed by atoms with van der Waals surface area (Å²) in [6.45, 7) is 5.93. The van der Waals surface area contributed by atoms with Crippen molar-refractivity contribution in [2.24, 2.45) is 0 Å². The van der Waals surface area contributed by atoms with Crippen LogP contribution in [0.5, 0.6) is 5.75 Å². The number of halogens is 2. The van der Waals surface area contributed by atoms with Gasteiger partial charge in [-0.1, -0.05) is 30.7 Å². The minimum Gasteiger partial charge on any atom is -0.480 e. The number of ether oxygens (including phenoxy) is 1. The molecule has 0 aliphatic heterocycles. The Bertz CT molecular complexity index is 718. The lowest BCUT2D eigenvalue weighted by Crippen LogP contribution is -2.32. The molecule has 2 rings (SSSR count). The van der Waals surface area contributed by atoms with E-state index < -0.39 is 6.10 Å². The molecule has 5 heteroatoms. The van der Waals surface area contributed by atoms with Crippen LogP contribution in [-0.2, 0) is 4.79 Å². The maximum atomic E-state index is 12.4. The number of carbonyl (C=O) groups excluding carboxylic acids is 1. The number of benzene rings is 2. The first-order valence-electron chi connectivity index (χ1n) is 7.41. The standard InChI is InChI=1S/C18H19BrClNO2/c1-4-16(23-17-7-5-6-11(2)12(17)3)18(22)21-13-8-9-14(19)15(20)10-13/h5-10,16H,4H2,1-3H3,(H,21,22)/t16-/m1/s1. The van der Waals surface area contributed by atoms with Crippen molar-refractivity contribution in [1.82, 2.24) is 0 Å². The predicted octanol–water partition coefficient (Wildman–Crippen LogP) is 5.52. The van der Waals surface area contributed by atoms with Crippen molar-refractivity contribution in [2.45, 2.75) is 33.3 Å². The predicted molar refractivity (Wildman–Crippen MR) is 98.4 cm³/mol. The Morgan fingerprint density at radius 1 is 1.30 bits per heavy atom. The van der Waals surface area contributed by atoms with Gasteiger partial charge in [-0.15, -0.1) is 0 Å². The average Bonchev–Trinajstić information content (AvgIpc) is 2.52. The Balaban J connectivity index is 2.12. The third kappa shape index (κ3) is 4.49. The van der Waals surface area contributed by atoms with Crippen molar-refractivity contribution < 1.29 is 9.53 Å². The number of amides is 1. The molecule has 2 aromatic rings. The molecule has 0 aliphatic rings. The molecule has 1 amide bonds. The topological polar surface area (TPSA) is 38.3 Å². The van der Waals surface area contributed by atoms with E-state index in [-0.39, 0.29) is 5.91 Å².